The molecule has 0 unspecified atom stereocenters. The maximum absolute atomic E-state index is 10.8. The van der Waals surface area contributed by atoms with E-state index in [0.717, 1.165) is 59.9 Å². The number of piperazine rings is 1. The molecule has 1 aliphatic heterocycles. The number of benzene rings is 2. The Balaban J connectivity index is 1.21. The second-order valence-electron chi connectivity index (χ2n) is 9.88. The van der Waals surface area contributed by atoms with E-state index < -0.39 is 0 Å². The van der Waals surface area contributed by atoms with E-state index in [1.165, 1.54) is 6.33 Å². The predicted octanol–water partition coefficient (Wildman–Crippen LogP) is 5.75. The second kappa shape index (κ2) is 13.6. The van der Waals surface area contributed by atoms with Crippen molar-refractivity contribution in [3.63, 3.8) is 0 Å². The van der Waals surface area contributed by atoms with Crippen LogP contribution in [0.4, 0.5) is 11.5 Å². The molecule has 0 radical (unpaired) electrons. The van der Waals surface area contributed by atoms with E-state index in [0.29, 0.717) is 35.3 Å². The summed E-state index contributed by atoms with van der Waals surface area (Å²) in [5, 5.41) is 14.8. The van der Waals surface area contributed by atoms with Gasteiger partial charge < -0.3 is 29.7 Å². The van der Waals surface area contributed by atoms with Crippen LogP contribution in [0.3, 0.4) is 0 Å². The highest BCUT2D eigenvalue weighted by Gasteiger charge is 2.14. The number of phenolic OH excluding ortho intramolecular Hbond substituents is 1. The van der Waals surface area contributed by atoms with Gasteiger partial charge in [-0.2, -0.15) is 0 Å². The third-order valence-electron chi connectivity index (χ3n) is 6.97. The fraction of sp³-hybridized carbons (Fsp3) is 0.323. The van der Waals surface area contributed by atoms with Crippen LogP contribution >= 0.6 is 11.3 Å². The number of thiazole rings is 1. The van der Waals surface area contributed by atoms with Gasteiger partial charge in [-0.25, -0.2) is 15.0 Å². The highest BCUT2D eigenvalue weighted by Crippen LogP contribution is 2.35. The van der Waals surface area contributed by atoms with Crippen molar-refractivity contribution in [1.29, 1.82) is 0 Å². The molecule has 2 aromatic carbocycles. The van der Waals surface area contributed by atoms with Crippen LogP contribution in [0.25, 0.3) is 26.9 Å². The molecule has 214 valence electrons. The van der Waals surface area contributed by atoms with Crippen LogP contribution in [0.2, 0.25) is 0 Å². The Bertz CT molecular complexity index is 1490. The van der Waals surface area contributed by atoms with Gasteiger partial charge in [0, 0.05) is 50.4 Å². The zero-order chi connectivity index (χ0) is 28.6. The van der Waals surface area contributed by atoms with Crippen molar-refractivity contribution in [2.45, 2.75) is 13.3 Å². The molecule has 9 nitrogen and oxygen atoms in total. The average Bonchev–Trinajstić information content (AvgIpc) is 3.43. The lowest BCUT2D eigenvalue weighted by atomic mass is 10.2. The number of likely N-dealkylation sites (N-methyl/N-ethyl adjacent to an activating group) is 1. The Morgan fingerprint density at radius 1 is 1.07 bits per heavy atom. The minimum Gasteiger partial charge on any atom is -0.506 e. The maximum Gasteiger partial charge on any atom is 0.162 e. The van der Waals surface area contributed by atoms with Gasteiger partial charge in [-0.05, 0) is 56.8 Å². The topological polar surface area (TPSA) is 95.9 Å². The number of fused-ring (bicyclic) bond motifs is 1. The van der Waals surface area contributed by atoms with Crippen LogP contribution < -0.4 is 5.32 Å². The minimum atomic E-state index is 0.108. The summed E-state index contributed by atoms with van der Waals surface area (Å²) in [5.41, 5.74) is 2.98. The lowest BCUT2D eigenvalue weighted by Crippen LogP contribution is -2.44. The number of nitrogens with zero attached hydrogens (tertiary/aromatic N) is 5. The third-order valence-corrected chi connectivity index (χ3v) is 8.05. The van der Waals surface area contributed by atoms with Gasteiger partial charge in [-0.3, -0.25) is 0 Å². The van der Waals surface area contributed by atoms with E-state index in [4.69, 9.17) is 9.47 Å². The van der Waals surface area contributed by atoms with Crippen LogP contribution in [0, 0.1) is 0 Å². The number of aromatic hydroxyl groups is 1. The van der Waals surface area contributed by atoms with Gasteiger partial charge >= 0.3 is 0 Å². The summed E-state index contributed by atoms with van der Waals surface area (Å²) in [6, 6.07) is 15.3. The second-order valence-corrected chi connectivity index (χ2v) is 10.9. The Morgan fingerprint density at radius 2 is 1.90 bits per heavy atom. The molecule has 2 N–H and O–H groups in total. The van der Waals surface area contributed by atoms with E-state index in [-0.39, 0.29) is 5.75 Å². The average molecular weight is 573 g/mol. The summed E-state index contributed by atoms with van der Waals surface area (Å²) in [4.78, 5) is 18.2. The van der Waals surface area contributed by atoms with Crippen molar-refractivity contribution in [3.05, 3.63) is 78.1 Å². The lowest BCUT2D eigenvalue weighted by molar-refractivity contribution is 0.129. The first-order chi connectivity index (χ1) is 20.0. The van der Waals surface area contributed by atoms with Crippen LogP contribution in [-0.2, 0) is 9.47 Å². The largest absolute Gasteiger partial charge is 0.506 e. The van der Waals surface area contributed by atoms with Crippen molar-refractivity contribution < 1.29 is 14.6 Å². The van der Waals surface area contributed by atoms with Crippen molar-refractivity contribution in [2.24, 2.45) is 0 Å². The zero-order valence-electron chi connectivity index (χ0n) is 23.7. The van der Waals surface area contributed by atoms with Crippen LogP contribution in [-0.4, -0.2) is 83.3 Å². The van der Waals surface area contributed by atoms with Crippen molar-refractivity contribution >= 4 is 39.1 Å². The van der Waals surface area contributed by atoms with Gasteiger partial charge in [-0.1, -0.05) is 12.1 Å². The van der Waals surface area contributed by atoms with Gasteiger partial charge in [0.05, 0.1) is 35.3 Å². The van der Waals surface area contributed by atoms with Crippen molar-refractivity contribution in [3.8, 4) is 16.3 Å². The first kappa shape index (κ1) is 28.5. The van der Waals surface area contributed by atoms with Gasteiger partial charge in [0.1, 0.15) is 22.9 Å². The molecule has 5 rings (SSSR count). The molecule has 0 atom stereocenters. The number of para-hydroxylation sites is 1. The van der Waals surface area contributed by atoms with Gasteiger partial charge in [0.25, 0.3) is 0 Å². The summed E-state index contributed by atoms with van der Waals surface area (Å²) < 4.78 is 12.8. The normalized spacial score (nSPS) is 15.3. The summed E-state index contributed by atoms with van der Waals surface area (Å²) in [6.45, 7) is 7.99. The number of allylic oxidation sites excluding steroid dienone is 1. The number of aromatic nitrogens is 3. The molecule has 4 aromatic rings. The lowest BCUT2D eigenvalue weighted by Gasteiger charge is -2.32. The number of nitrogens with one attached hydrogen (secondary N) is 1. The number of rotatable bonds is 11. The van der Waals surface area contributed by atoms with E-state index in [1.54, 1.807) is 30.6 Å². The molecule has 0 amide bonds. The molecule has 1 aliphatic rings. The number of ether oxygens (including phenoxy) is 2. The molecule has 1 fully saturated rings. The number of phenols is 1. The van der Waals surface area contributed by atoms with E-state index in [9.17, 15) is 5.11 Å². The summed E-state index contributed by atoms with van der Waals surface area (Å²) in [5.74, 6) is 1.90. The maximum atomic E-state index is 10.8. The monoisotopic (exact) mass is 572 g/mol. The number of hydrogen-bond donors (Lipinski definition) is 2. The molecule has 10 heteroatoms. The summed E-state index contributed by atoms with van der Waals surface area (Å²) in [7, 11) is 3.79. The van der Waals surface area contributed by atoms with Crippen molar-refractivity contribution in [1.82, 2.24) is 24.8 Å². The highest BCUT2D eigenvalue weighted by atomic mass is 32.1. The fourth-order valence-electron chi connectivity index (χ4n) is 4.63. The molecule has 2 aromatic heterocycles. The highest BCUT2D eigenvalue weighted by molar-refractivity contribution is 7.21. The van der Waals surface area contributed by atoms with Crippen LogP contribution in [0.5, 0.6) is 5.75 Å². The number of anilines is 2. The van der Waals surface area contributed by atoms with Crippen molar-refractivity contribution in [2.75, 3.05) is 58.8 Å². The van der Waals surface area contributed by atoms with Crippen LogP contribution in [0.15, 0.2) is 72.5 Å². The molecular weight excluding hydrogens is 536 g/mol. The van der Waals surface area contributed by atoms with E-state index in [2.05, 4.69) is 37.1 Å². The third kappa shape index (κ3) is 7.40. The molecule has 3 heterocycles. The first-order valence-corrected chi connectivity index (χ1v) is 14.6. The summed E-state index contributed by atoms with van der Waals surface area (Å²) in [6.07, 6.45) is 6.14. The molecular formula is C31H36N6O3S. The van der Waals surface area contributed by atoms with Gasteiger partial charge in [0.15, 0.2) is 11.5 Å². The van der Waals surface area contributed by atoms with Crippen LogP contribution in [0.1, 0.15) is 19.0 Å². The molecule has 0 bridgehead atoms. The molecule has 0 saturated carbocycles. The quantitative estimate of drug-likeness (QED) is 0.101. The van der Waals surface area contributed by atoms with E-state index >= 15 is 0 Å². The van der Waals surface area contributed by atoms with Gasteiger partial charge in [-0.15, -0.1) is 11.3 Å². The standard InChI is InChI=1S/C31H36N6O3S/c1-4-27(40-17-7-12-37-15-13-36(2)14-16-37)28(39-3)19-23-20-30(33-21-32-23)34-24-11-10-22(18-26(24)38)31-35-25-8-5-6-9-29(25)41-31/h4-6,8-11,18-21,38H,7,12-17H2,1-3H3,(H,32,33,34)/b27-4+,28-19+. The number of methoxy groups -OCH3 is 1. The van der Waals surface area contributed by atoms with Gasteiger partial charge in [0.2, 0.25) is 0 Å². The Kier molecular flexibility index (Phi) is 9.45. The summed E-state index contributed by atoms with van der Waals surface area (Å²) >= 11 is 1.60. The Labute approximate surface area is 244 Å². The molecule has 1 saturated heterocycles. The molecule has 0 spiro atoms. The Hall–Kier alpha value is -3.99. The zero-order valence-corrected chi connectivity index (χ0v) is 24.5. The SMILES string of the molecule is C/C=C(OCCCN1CCN(C)CC1)\C(=C/c1cc(Nc2ccc(-c3nc4ccccc4s3)cc2O)ncn1)OC. The van der Waals surface area contributed by atoms with E-state index in [1.807, 2.05) is 55.5 Å². The molecule has 41 heavy (non-hydrogen) atoms. The smallest absolute Gasteiger partial charge is 0.162 e. The predicted molar refractivity (Wildman–Crippen MR) is 165 cm³/mol. The first-order valence-electron chi connectivity index (χ1n) is 13.8. The minimum absolute atomic E-state index is 0.108. The fourth-order valence-corrected chi connectivity index (χ4v) is 5.59. The Morgan fingerprint density at radius 3 is 2.66 bits per heavy atom. The number of hydrogen-bond acceptors (Lipinski definition) is 10. The molecule has 0 aliphatic carbocycles.